The Hall–Kier alpha value is 0.453. The first-order chi connectivity index (χ1) is 5.74. The van der Waals surface area contributed by atoms with E-state index in [0.29, 0.717) is 0 Å². The van der Waals surface area contributed by atoms with Crippen molar-refractivity contribution in [3.63, 3.8) is 0 Å². The zero-order valence-electron chi connectivity index (χ0n) is 8.74. The average molecular weight is 245 g/mol. The summed E-state index contributed by atoms with van der Waals surface area (Å²) in [5.41, 5.74) is 0. The van der Waals surface area contributed by atoms with Gasteiger partial charge in [-0.3, -0.25) is 0 Å². The summed E-state index contributed by atoms with van der Waals surface area (Å²) in [6.45, 7) is 9.12. The van der Waals surface area contributed by atoms with Gasteiger partial charge in [0.1, 0.15) is 0 Å². The summed E-state index contributed by atoms with van der Waals surface area (Å²) in [5.74, 6) is 1.13. The van der Waals surface area contributed by atoms with Crippen LogP contribution in [0.2, 0.25) is 15.8 Å². The Morgan fingerprint density at radius 3 is 1.83 bits per heavy atom. The summed E-state index contributed by atoms with van der Waals surface area (Å²) >= 11 is 0.130. The number of rotatable bonds is 4. The van der Waals surface area contributed by atoms with Gasteiger partial charge in [-0.25, -0.2) is 0 Å². The first-order valence-electron chi connectivity index (χ1n) is 4.88. The van der Waals surface area contributed by atoms with Gasteiger partial charge >= 0.3 is 84.2 Å². The molecule has 12 heavy (non-hydrogen) atoms. The van der Waals surface area contributed by atoms with Crippen LogP contribution in [0.15, 0.2) is 0 Å². The molecule has 0 nitrogen and oxygen atoms in total. The second-order valence-corrected chi connectivity index (χ2v) is 14.4. The van der Waals surface area contributed by atoms with Crippen LogP contribution in [0.4, 0.5) is 0 Å². The van der Waals surface area contributed by atoms with Gasteiger partial charge in [-0.05, 0) is 0 Å². The van der Waals surface area contributed by atoms with Crippen molar-refractivity contribution in [3.8, 4) is 10.0 Å². The van der Waals surface area contributed by atoms with Crippen molar-refractivity contribution in [3.05, 3.63) is 0 Å². The quantitative estimate of drug-likeness (QED) is 0.536. The Balaban J connectivity index is 4.22. The van der Waals surface area contributed by atoms with E-state index in [1.165, 1.54) is 15.8 Å². The van der Waals surface area contributed by atoms with Crippen molar-refractivity contribution in [2.24, 2.45) is 0 Å². The van der Waals surface area contributed by atoms with E-state index in [4.69, 9.17) is 0 Å². The van der Waals surface area contributed by atoms with Crippen molar-refractivity contribution in [2.45, 2.75) is 43.5 Å². The molecule has 0 amide bonds. The fourth-order valence-electron chi connectivity index (χ4n) is 1.23. The fourth-order valence-corrected chi connectivity index (χ4v) is 7.74. The summed E-state index contributed by atoms with van der Waals surface area (Å²) in [7, 11) is 0. The maximum absolute atomic E-state index is 3.58. The number of hydrogen-bond donors (Lipinski definition) is 0. The molecule has 0 saturated heterocycles. The standard InChI is InChI=1S/C10H20GeS/c1-5-11(6-2,7-3)9-10-12-8-4/h5-8H2,1-4H3. The molecule has 0 aliphatic heterocycles. The summed E-state index contributed by atoms with van der Waals surface area (Å²) in [6, 6.07) is 0. The van der Waals surface area contributed by atoms with E-state index >= 15 is 0 Å². The molecular formula is C10H20GeS. The number of hydrogen-bond acceptors (Lipinski definition) is 1. The van der Waals surface area contributed by atoms with E-state index in [0.717, 1.165) is 5.75 Å². The molecule has 0 aromatic heterocycles. The van der Waals surface area contributed by atoms with E-state index in [9.17, 15) is 0 Å². The molecule has 0 aromatic rings. The summed E-state index contributed by atoms with van der Waals surface area (Å²) in [5, 5.41) is 7.37. The van der Waals surface area contributed by atoms with Gasteiger partial charge in [0.25, 0.3) is 0 Å². The third-order valence-electron chi connectivity index (χ3n) is 2.56. The van der Waals surface area contributed by atoms with Crippen LogP contribution in [-0.4, -0.2) is 19.0 Å². The molecule has 0 rings (SSSR count). The van der Waals surface area contributed by atoms with Gasteiger partial charge in [0, 0.05) is 0 Å². The molecular weight excluding hydrogens is 225 g/mol. The van der Waals surface area contributed by atoms with E-state index < -0.39 is 13.3 Å². The van der Waals surface area contributed by atoms with Crippen molar-refractivity contribution >= 4 is 25.0 Å². The summed E-state index contributed by atoms with van der Waals surface area (Å²) in [6.07, 6.45) is 0. The maximum atomic E-state index is 3.58. The minimum atomic E-state index is -1.64. The minimum absolute atomic E-state index is 1.13. The van der Waals surface area contributed by atoms with Crippen LogP contribution >= 0.6 is 11.8 Å². The van der Waals surface area contributed by atoms with Crippen molar-refractivity contribution in [1.82, 2.24) is 0 Å². The third kappa shape index (κ3) is 3.91. The van der Waals surface area contributed by atoms with Crippen molar-refractivity contribution < 1.29 is 0 Å². The summed E-state index contributed by atoms with van der Waals surface area (Å²) < 4.78 is 3.58. The summed E-state index contributed by atoms with van der Waals surface area (Å²) in [4.78, 5) is 0. The van der Waals surface area contributed by atoms with Crippen LogP contribution in [0, 0.1) is 10.0 Å². The topological polar surface area (TPSA) is 0 Å². The molecule has 0 radical (unpaired) electrons. The molecule has 2 heteroatoms. The average Bonchev–Trinajstić information content (AvgIpc) is 2.14. The van der Waals surface area contributed by atoms with Crippen LogP contribution in [0.1, 0.15) is 27.7 Å². The molecule has 0 aromatic carbocycles. The van der Waals surface area contributed by atoms with E-state index in [1.54, 1.807) is 11.8 Å². The van der Waals surface area contributed by atoms with Crippen LogP contribution in [0.25, 0.3) is 0 Å². The molecule has 0 heterocycles. The Labute approximate surface area is 84.2 Å². The molecule has 70 valence electrons. The molecule has 0 spiro atoms. The van der Waals surface area contributed by atoms with Crippen LogP contribution in [0.5, 0.6) is 0 Å². The van der Waals surface area contributed by atoms with Crippen LogP contribution < -0.4 is 0 Å². The van der Waals surface area contributed by atoms with Gasteiger partial charge in [-0.15, -0.1) is 0 Å². The molecule has 0 fully saturated rings. The van der Waals surface area contributed by atoms with Crippen molar-refractivity contribution in [1.29, 1.82) is 0 Å². The van der Waals surface area contributed by atoms with E-state index in [2.05, 4.69) is 37.7 Å². The van der Waals surface area contributed by atoms with E-state index in [1.807, 2.05) is 0 Å². The Bertz CT molecular complexity index is 154. The predicted octanol–water partition coefficient (Wildman–Crippen LogP) is 3.75. The van der Waals surface area contributed by atoms with E-state index in [-0.39, 0.29) is 0 Å². The second-order valence-electron chi connectivity index (χ2n) is 3.00. The van der Waals surface area contributed by atoms with Gasteiger partial charge in [0.05, 0.1) is 0 Å². The molecule has 0 atom stereocenters. The monoisotopic (exact) mass is 246 g/mol. The van der Waals surface area contributed by atoms with Gasteiger partial charge in [-0.1, -0.05) is 0 Å². The molecule has 0 aliphatic rings. The van der Waals surface area contributed by atoms with Gasteiger partial charge in [-0.2, -0.15) is 0 Å². The molecule has 0 bridgehead atoms. The first-order valence-corrected chi connectivity index (χ1v) is 11.4. The van der Waals surface area contributed by atoms with Gasteiger partial charge in [0.2, 0.25) is 0 Å². The fraction of sp³-hybridized carbons (Fsp3) is 0.800. The zero-order chi connectivity index (χ0) is 9.45. The molecule has 0 N–H and O–H groups in total. The number of thioether (sulfide) groups is 1. The third-order valence-corrected chi connectivity index (χ3v) is 13.4. The van der Waals surface area contributed by atoms with Gasteiger partial charge in [0.15, 0.2) is 0 Å². The normalized spacial score (nSPS) is 10.7. The Kier molecular flexibility index (Phi) is 7.18. The molecule has 0 saturated carbocycles. The SMILES string of the molecule is CCSC#[C][Ge]([CH2]C)([CH2]C)[CH2]C. The van der Waals surface area contributed by atoms with Crippen molar-refractivity contribution in [2.75, 3.05) is 5.75 Å². The molecule has 0 aliphatic carbocycles. The second kappa shape index (κ2) is 6.91. The predicted molar refractivity (Wildman–Crippen MR) is 63.1 cm³/mol. The van der Waals surface area contributed by atoms with Gasteiger partial charge < -0.3 is 0 Å². The zero-order valence-corrected chi connectivity index (χ0v) is 11.7. The van der Waals surface area contributed by atoms with Crippen LogP contribution in [-0.2, 0) is 0 Å². The first kappa shape index (κ1) is 12.5. The Morgan fingerprint density at radius 2 is 1.50 bits per heavy atom. The molecule has 0 unspecified atom stereocenters. The Morgan fingerprint density at radius 1 is 1.00 bits per heavy atom. The van der Waals surface area contributed by atoms with Crippen LogP contribution in [0.3, 0.4) is 0 Å².